The molecule has 0 saturated carbocycles. The summed E-state index contributed by atoms with van der Waals surface area (Å²) in [7, 11) is 1.56. The number of nitrogens with zero attached hydrogens (tertiary/aromatic N) is 1. The molecule has 0 rings (SSSR count). The number of unbranched alkanes of at least 4 members (excludes halogenated alkanes) is 52. The van der Waals surface area contributed by atoms with E-state index in [1.165, 1.54) is 321 Å². The summed E-state index contributed by atoms with van der Waals surface area (Å²) in [6, 6.07) is -0.871. The Morgan fingerprint density at radius 2 is 0.640 bits per heavy atom. The first kappa shape index (κ1) is 84.5. The lowest BCUT2D eigenvalue weighted by molar-refractivity contribution is -0.870. The third kappa shape index (κ3) is 69.9. The molecule has 0 spiro atoms. The molecule has 9 heteroatoms. The van der Waals surface area contributed by atoms with Crippen molar-refractivity contribution in [2.75, 3.05) is 40.9 Å². The fourth-order valence-corrected chi connectivity index (χ4v) is 12.3. The van der Waals surface area contributed by atoms with E-state index in [2.05, 4.69) is 55.6 Å². The lowest BCUT2D eigenvalue weighted by Crippen LogP contribution is -2.45. The van der Waals surface area contributed by atoms with Crippen molar-refractivity contribution in [1.82, 2.24) is 5.32 Å². The Labute approximate surface area is 537 Å². The van der Waals surface area contributed by atoms with E-state index in [4.69, 9.17) is 9.05 Å². The van der Waals surface area contributed by atoms with Gasteiger partial charge < -0.3 is 19.8 Å². The van der Waals surface area contributed by atoms with Crippen LogP contribution in [0.25, 0.3) is 0 Å². The number of aliphatic hydroxyl groups excluding tert-OH is 1. The van der Waals surface area contributed by atoms with Gasteiger partial charge in [-0.05, 0) is 70.6 Å². The van der Waals surface area contributed by atoms with Crippen LogP contribution >= 0.6 is 7.82 Å². The number of hydrogen-bond donors (Lipinski definition) is 3. The van der Waals surface area contributed by atoms with Crippen molar-refractivity contribution in [2.24, 2.45) is 0 Å². The van der Waals surface area contributed by atoms with E-state index in [1.54, 1.807) is 6.08 Å². The van der Waals surface area contributed by atoms with Gasteiger partial charge in [-0.2, -0.15) is 0 Å². The highest BCUT2D eigenvalue weighted by Gasteiger charge is 2.28. The van der Waals surface area contributed by atoms with E-state index in [9.17, 15) is 19.4 Å². The van der Waals surface area contributed by atoms with Crippen LogP contribution in [0.1, 0.15) is 386 Å². The number of amides is 1. The lowest BCUT2D eigenvalue weighted by Gasteiger charge is -2.25. The zero-order chi connectivity index (χ0) is 62.6. The highest BCUT2D eigenvalue weighted by atomic mass is 31.2. The van der Waals surface area contributed by atoms with Gasteiger partial charge in [0.1, 0.15) is 13.2 Å². The number of allylic oxidation sites excluding steroid dienone is 7. The van der Waals surface area contributed by atoms with Gasteiger partial charge in [0.25, 0.3) is 0 Å². The maximum atomic E-state index is 13.1. The standard InChI is InChI=1S/C77H149N2O6P/c1-6-8-10-12-14-16-18-20-22-24-26-28-30-32-34-35-36-37-38-39-40-41-42-43-45-47-49-51-53-55-57-59-61-63-65-67-69-71-77(81)78-75(74-85-86(82,83)84-73-72-79(3,4)5)76(80)70-68-66-64-62-60-58-56-54-52-50-48-46-44-33-31-29-27-25-23-21-19-17-15-13-11-9-7-2/h24,26,52,54,60,62,68,70,75-76,80H,6-23,25,27-51,53,55-59,61,63-67,69,71-74H2,1-5H3,(H-,78,81,82,83)/p+1/b26-24-,54-52+,62-60+,70-68+. The van der Waals surface area contributed by atoms with E-state index in [0.717, 1.165) is 44.9 Å². The fraction of sp³-hybridized carbons (Fsp3) is 0.883. The monoisotopic (exact) mass is 1230 g/mol. The Hall–Kier alpha value is -1.54. The molecule has 0 aromatic rings. The normalized spacial score (nSPS) is 13.8. The van der Waals surface area contributed by atoms with Crippen molar-refractivity contribution in [1.29, 1.82) is 0 Å². The largest absolute Gasteiger partial charge is 0.472 e. The van der Waals surface area contributed by atoms with Crippen LogP contribution in [-0.4, -0.2) is 73.4 Å². The molecule has 8 nitrogen and oxygen atoms in total. The molecular formula is C77H150N2O6P+. The van der Waals surface area contributed by atoms with Gasteiger partial charge in [-0.25, -0.2) is 4.57 Å². The van der Waals surface area contributed by atoms with Crippen LogP contribution in [0.15, 0.2) is 48.6 Å². The summed E-state index contributed by atoms with van der Waals surface area (Å²) in [5.74, 6) is -0.183. The number of carbonyl (C=O) groups is 1. The average molecular weight is 1230 g/mol. The highest BCUT2D eigenvalue weighted by Crippen LogP contribution is 2.43. The summed E-state index contributed by atoms with van der Waals surface area (Å²) in [5, 5.41) is 14.0. The van der Waals surface area contributed by atoms with Gasteiger partial charge in [-0.15, -0.1) is 0 Å². The van der Waals surface area contributed by atoms with Crippen molar-refractivity contribution in [3.8, 4) is 0 Å². The minimum atomic E-state index is -4.37. The summed E-state index contributed by atoms with van der Waals surface area (Å²) in [6.07, 6.45) is 93.0. The van der Waals surface area contributed by atoms with Crippen molar-refractivity contribution < 1.29 is 32.9 Å². The zero-order valence-corrected chi connectivity index (χ0v) is 59.2. The third-order valence-corrected chi connectivity index (χ3v) is 18.5. The van der Waals surface area contributed by atoms with E-state index < -0.39 is 20.0 Å². The SMILES string of the molecule is CCCCCCCCCC/C=C\CCCCCCCCCCCCCCCCCCCCCCCCCCCC(=O)NC(COP(=O)(O)OCC[N+](C)(C)C)C(O)/C=C/CC/C=C/CC/C=C/CCCCCCCCCCCCCCCCCCC. The van der Waals surface area contributed by atoms with Gasteiger partial charge in [0.2, 0.25) is 5.91 Å². The average Bonchev–Trinajstić information content (AvgIpc) is 3.70. The Balaban J connectivity index is 4.01. The van der Waals surface area contributed by atoms with Crippen LogP contribution in [0.4, 0.5) is 0 Å². The van der Waals surface area contributed by atoms with Gasteiger partial charge in [-0.3, -0.25) is 13.8 Å². The van der Waals surface area contributed by atoms with E-state index in [1.807, 2.05) is 27.2 Å². The quantitative estimate of drug-likeness (QED) is 0.0243. The van der Waals surface area contributed by atoms with Gasteiger partial charge in [0.15, 0.2) is 0 Å². The molecule has 0 saturated heterocycles. The van der Waals surface area contributed by atoms with Crippen molar-refractivity contribution in [2.45, 2.75) is 398 Å². The Bertz CT molecular complexity index is 1540. The van der Waals surface area contributed by atoms with Crippen molar-refractivity contribution in [3.63, 3.8) is 0 Å². The Morgan fingerprint density at radius 3 is 0.930 bits per heavy atom. The first-order valence-electron chi connectivity index (χ1n) is 38.0. The number of phosphoric ester groups is 1. The minimum Gasteiger partial charge on any atom is -0.387 e. The van der Waals surface area contributed by atoms with Crippen LogP contribution < -0.4 is 5.32 Å². The molecule has 3 N–H and O–H groups in total. The maximum absolute atomic E-state index is 13.1. The number of likely N-dealkylation sites (N-methyl/N-ethyl adjacent to an activating group) is 1. The zero-order valence-electron chi connectivity index (χ0n) is 58.3. The molecule has 0 fully saturated rings. The molecule has 0 heterocycles. The first-order chi connectivity index (χ1) is 42.0. The second-order valence-corrected chi connectivity index (χ2v) is 28.8. The lowest BCUT2D eigenvalue weighted by atomic mass is 10.0. The number of quaternary nitrogens is 1. The van der Waals surface area contributed by atoms with E-state index in [-0.39, 0.29) is 19.1 Å². The highest BCUT2D eigenvalue weighted by molar-refractivity contribution is 7.47. The van der Waals surface area contributed by atoms with Gasteiger partial charge in [0, 0.05) is 6.42 Å². The first-order valence-corrected chi connectivity index (χ1v) is 39.5. The molecule has 0 radical (unpaired) electrons. The molecule has 3 atom stereocenters. The van der Waals surface area contributed by atoms with Crippen molar-refractivity contribution in [3.05, 3.63) is 48.6 Å². The number of carbonyl (C=O) groups excluding carboxylic acids is 1. The molecule has 0 bridgehead atoms. The molecule has 508 valence electrons. The molecule has 0 aliphatic heterocycles. The number of aliphatic hydroxyl groups is 1. The summed E-state index contributed by atoms with van der Waals surface area (Å²) in [5.41, 5.74) is 0. The van der Waals surface area contributed by atoms with Gasteiger partial charge >= 0.3 is 7.82 Å². The fourth-order valence-electron chi connectivity index (χ4n) is 11.6. The number of hydrogen-bond acceptors (Lipinski definition) is 5. The summed E-state index contributed by atoms with van der Waals surface area (Å²) >= 11 is 0. The summed E-state index contributed by atoms with van der Waals surface area (Å²) in [6.45, 7) is 4.84. The second-order valence-electron chi connectivity index (χ2n) is 27.4. The molecule has 1 amide bonds. The van der Waals surface area contributed by atoms with Gasteiger partial charge in [-0.1, -0.05) is 358 Å². The Morgan fingerprint density at radius 1 is 0.384 bits per heavy atom. The maximum Gasteiger partial charge on any atom is 0.472 e. The van der Waals surface area contributed by atoms with Gasteiger partial charge in [0.05, 0.1) is 39.9 Å². The molecule has 3 unspecified atom stereocenters. The minimum absolute atomic E-state index is 0.0548. The topological polar surface area (TPSA) is 105 Å². The van der Waals surface area contributed by atoms with Crippen LogP contribution in [0.2, 0.25) is 0 Å². The number of rotatable bonds is 71. The molecule has 0 aromatic carbocycles. The molecule has 0 aliphatic rings. The molecular weight excluding hydrogens is 1080 g/mol. The van der Waals surface area contributed by atoms with Crippen LogP contribution in [0, 0.1) is 0 Å². The predicted octanol–water partition coefficient (Wildman–Crippen LogP) is 24.6. The number of nitrogens with one attached hydrogen (secondary N) is 1. The molecule has 0 aliphatic carbocycles. The summed E-state index contributed by atoms with van der Waals surface area (Å²) < 4.78 is 23.8. The van der Waals surface area contributed by atoms with Crippen LogP contribution in [0.5, 0.6) is 0 Å². The van der Waals surface area contributed by atoms with Crippen molar-refractivity contribution >= 4 is 13.7 Å². The Kier molecular flexibility index (Phi) is 66.6. The molecule has 0 aromatic heterocycles. The second kappa shape index (κ2) is 67.8. The summed E-state index contributed by atoms with van der Waals surface area (Å²) in [4.78, 5) is 23.4. The van der Waals surface area contributed by atoms with Crippen LogP contribution in [0.3, 0.4) is 0 Å². The van der Waals surface area contributed by atoms with E-state index >= 15 is 0 Å². The number of phosphoric acid groups is 1. The smallest absolute Gasteiger partial charge is 0.387 e. The molecule has 86 heavy (non-hydrogen) atoms. The van der Waals surface area contributed by atoms with Crippen LogP contribution in [-0.2, 0) is 18.4 Å². The van der Waals surface area contributed by atoms with E-state index in [0.29, 0.717) is 17.4 Å². The predicted molar refractivity (Wildman–Crippen MR) is 378 cm³/mol. The third-order valence-electron chi connectivity index (χ3n) is 17.5.